The van der Waals surface area contributed by atoms with Crippen LogP contribution in [0.4, 0.5) is 5.69 Å². The van der Waals surface area contributed by atoms with Crippen molar-refractivity contribution in [3.8, 4) is 0 Å². The van der Waals surface area contributed by atoms with Gasteiger partial charge in [-0.3, -0.25) is 9.59 Å². The first-order valence-electron chi connectivity index (χ1n) is 7.93. The third-order valence-electron chi connectivity index (χ3n) is 3.58. The number of anilines is 1. The van der Waals surface area contributed by atoms with E-state index in [0.29, 0.717) is 30.6 Å². The van der Waals surface area contributed by atoms with Crippen LogP contribution in [0.25, 0.3) is 0 Å². The van der Waals surface area contributed by atoms with Crippen LogP contribution < -0.4 is 10.6 Å². The predicted octanol–water partition coefficient (Wildman–Crippen LogP) is 3.48. The fraction of sp³-hybridized carbons (Fsp3) is 0.200. The normalized spacial score (nSPS) is 10.0. The highest BCUT2D eigenvalue weighted by atomic mass is 16.2. The number of carbonyl (C=O) groups excluding carboxylic acids is 2. The zero-order valence-corrected chi connectivity index (χ0v) is 13.8. The molecule has 0 aliphatic carbocycles. The summed E-state index contributed by atoms with van der Waals surface area (Å²) in [5.41, 5.74) is 3.27. The Labute approximate surface area is 142 Å². The van der Waals surface area contributed by atoms with Crippen molar-refractivity contribution < 1.29 is 9.59 Å². The number of amides is 2. The zero-order valence-electron chi connectivity index (χ0n) is 13.8. The van der Waals surface area contributed by atoms with Crippen LogP contribution >= 0.6 is 0 Å². The van der Waals surface area contributed by atoms with E-state index in [0.717, 1.165) is 5.56 Å². The third kappa shape index (κ3) is 5.09. The first-order chi connectivity index (χ1) is 11.6. The van der Waals surface area contributed by atoms with Crippen LogP contribution in [-0.2, 0) is 11.2 Å². The largest absolute Gasteiger partial charge is 0.349 e. The zero-order chi connectivity index (χ0) is 17.4. The number of hydrogen-bond acceptors (Lipinski definition) is 2. The van der Waals surface area contributed by atoms with Gasteiger partial charge in [-0.1, -0.05) is 48.0 Å². The molecule has 0 radical (unpaired) electrons. The molecule has 0 aromatic heterocycles. The van der Waals surface area contributed by atoms with Gasteiger partial charge in [0.05, 0.1) is 11.3 Å². The van der Waals surface area contributed by atoms with E-state index in [1.165, 1.54) is 5.56 Å². The molecule has 2 rings (SSSR count). The molecule has 2 N–H and O–H groups in total. The number of para-hydroxylation sites is 1. The van der Waals surface area contributed by atoms with Gasteiger partial charge in [0.2, 0.25) is 5.91 Å². The standard InChI is InChI=1S/C20H22N2O2/c1-3-13-21-20(24)17-9-4-5-10-18(17)22-19(23)12-11-16-8-6-7-15(2)14-16/h3-10,14H,1,11-13H2,2H3,(H,21,24)(H,22,23). The molecule has 24 heavy (non-hydrogen) atoms. The summed E-state index contributed by atoms with van der Waals surface area (Å²) in [6.07, 6.45) is 2.64. The lowest BCUT2D eigenvalue weighted by Crippen LogP contribution is -2.25. The van der Waals surface area contributed by atoms with Crippen molar-refractivity contribution in [2.75, 3.05) is 11.9 Å². The van der Waals surface area contributed by atoms with E-state index in [4.69, 9.17) is 0 Å². The molecule has 0 saturated carbocycles. The number of aryl methyl sites for hydroxylation is 2. The average molecular weight is 322 g/mol. The summed E-state index contributed by atoms with van der Waals surface area (Å²) >= 11 is 0. The second-order valence-electron chi connectivity index (χ2n) is 5.58. The fourth-order valence-corrected chi connectivity index (χ4v) is 2.39. The smallest absolute Gasteiger partial charge is 0.253 e. The molecule has 0 unspecified atom stereocenters. The van der Waals surface area contributed by atoms with Crippen molar-refractivity contribution in [2.24, 2.45) is 0 Å². The number of hydrogen-bond donors (Lipinski definition) is 2. The Hall–Kier alpha value is -2.88. The lowest BCUT2D eigenvalue weighted by Gasteiger charge is -2.11. The summed E-state index contributed by atoms with van der Waals surface area (Å²) in [6.45, 7) is 5.98. The topological polar surface area (TPSA) is 58.2 Å². The quantitative estimate of drug-likeness (QED) is 0.767. The van der Waals surface area contributed by atoms with Crippen LogP contribution in [0.3, 0.4) is 0 Å². The Balaban J connectivity index is 1.98. The minimum absolute atomic E-state index is 0.111. The van der Waals surface area contributed by atoms with Crippen LogP contribution in [-0.4, -0.2) is 18.4 Å². The van der Waals surface area contributed by atoms with Crippen molar-refractivity contribution in [3.63, 3.8) is 0 Å². The van der Waals surface area contributed by atoms with Crippen molar-refractivity contribution in [3.05, 3.63) is 77.9 Å². The summed E-state index contributed by atoms with van der Waals surface area (Å²) in [7, 11) is 0. The predicted molar refractivity (Wildman–Crippen MR) is 97.1 cm³/mol. The van der Waals surface area contributed by atoms with Gasteiger partial charge in [-0.15, -0.1) is 6.58 Å². The van der Waals surface area contributed by atoms with Crippen LogP contribution in [0, 0.1) is 6.92 Å². The maximum atomic E-state index is 12.2. The second-order valence-corrected chi connectivity index (χ2v) is 5.58. The molecule has 124 valence electrons. The van der Waals surface area contributed by atoms with Gasteiger partial charge in [0.15, 0.2) is 0 Å². The molecule has 4 heteroatoms. The van der Waals surface area contributed by atoms with E-state index in [2.05, 4.69) is 23.3 Å². The van der Waals surface area contributed by atoms with E-state index >= 15 is 0 Å². The Kier molecular flexibility index (Phi) is 6.32. The van der Waals surface area contributed by atoms with E-state index in [-0.39, 0.29) is 11.8 Å². The lowest BCUT2D eigenvalue weighted by atomic mass is 10.1. The highest BCUT2D eigenvalue weighted by Gasteiger charge is 2.12. The summed E-state index contributed by atoms with van der Waals surface area (Å²) in [5, 5.41) is 5.55. The number of rotatable bonds is 7. The van der Waals surface area contributed by atoms with Crippen molar-refractivity contribution in [1.29, 1.82) is 0 Å². The minimum atomic E-state index is -0.232. The van der Waals surface area contributed by atoms with Gasteiger partial charge in [-0.05, 0) is 31.0 Å². The highest BCUT2D eigenvalue weighted by molar-refractivity contribution is 6.03. The molecule has 0 aliphatic heterocycles. The third-order valence-corrected chi connectivity index (χ3v) is 3.58. The maximum Gasteiger partial charge on any atom is 0.253 e. The second kappa shape index (κ2) is 8.67. The molecule has 2 aromatic carbocycles. The average Bonchev–Trinajstić information content (AvgIpc) is 2.58. The van der Waals surface area contributed by atoms with E-state index in [1.54, 1.807) is 30.3 Å². The van der Waals surface area contributed by atoms with Crippen LogP contribution in [0.15, 0.2) is 61.2 Å². The van der Waals surface area contributed by atoms with Gasteiger partial charge >= 0.3 is 0 Å². The number of nitrogens with one attached hydrogen (secondary N) is 2. The monoisotopic (exact) mass is 322 g/mol. The van der Waals surface area contributed by atoms with Crippen molar-refractivity contribution in [2.45, 2.75) is 19.8 Å². The van der Waals surface area contributed by atoms with Gasteiger partial charge in [-0.2, -0.15) is 0 Å². The summed E-state index contributed by atoms with van der Waals surface area (Å²) < 4.78 is 0. The van der Waals surface area contributed by atoms with Crippen LogP contribution in [0.2, 0.25) is 0 Å². The molecule has 0 saturated heterocycles. The summed E-state index contributed by atoms with van der Waals surface area (Å²) in [6, 6.07) is 15.1. The molecule has 2 aromatic rings. The molecule has 4 nitrogen and oxygen atoms in total. The summed E-state index contributed by atoms with van der Waals surface area (Å²) in [5.74, 6) is -0.343. The van der Waals surface area contributed by atoms with Gasteiger partial charge in [-0.25, -0.2) is 0 Å². The van der Waals surface area contributed by atoms with Crippen molar-refractivity contribution in [1.82, 2.24) is 5.32 Å². The van der Waals surface area contributed by atoms with Crippen molar-refractivity contribution >= 4 is 17.5 Å². The molecule has 0 aliphatic rings. The Morgan fingerprint density at radius 2 is 1.92 bits per heavy atom. The number of carbonyl (C=O) groups is 2. The van der Waals surface area contributed by atoms with Gasteiger partial charge < -0.3 is 10.6 Å². The first kappa shape index (κ1) is 17.5. The van der Waals surface area contributed by atoms with Gasteiger partial charge in [0, 0.05) is 13.0 Å². The van der Waals surface area contributed by atoms with E-state index in [1.807, 2.05) is 25.1 Å². The molecular weight excluding hydrogens is 300 g/mol. The molecule has 0 bridgehead atoms. The van der Waals surface area contributed by atoms with Gasteiger partial charge in [0.25, 0.3) is 5.91 Å². The fourth-order valence-electron chi connectivity index (χ4n) is 2.39. The maximum absolute atomic E-state index is 12.2. The van der Waals surface area contributed by atoms with Gasteiger partial charge in [0.1, 0.15) is 0 Å². The SMILES string of the molecule is C=CCNC(=O)c1ccccc1NC(=O)CCc1cccc(C)c1. The highest BCUT2D eigenvalue weighted by Crippen LogP contribution is 2.16. The van der Waals surface area contributed by atoms with E-state index < -0.39 is 0 Å². The molecule has 0 fully saturated rings. The Morgan fingerprint density at radius 1 is 1.12 bits per heavy atom. The molecule has 0 spiro atoms. The number of benzene rings is 2. The molecule has 2 amide bonds. The molecular formula is C20H22N2O2. The first-order valence-corrected chi connectivity index (χ1v) is 7.93. The molecule has 0 atom stereocenters. The van der Waals surface area contributed by atoms with Crippen LogP contribution in [0.5, 0.6) is 0 Å². The lowest BCUT2D eigenvalue weighted by molar-refractivity contribution is -0.116. The minimum Gasteiger partial charge on any atom is -0.349 e. The van der Waals surface area contributed by atoms with Crippen LogP contribution in [0.1, 0.15) is 27.9 Å². The molecule has 0 heterocycles. The summed E-state index contributed by atoms with van der Waals surface area (Å²) in [4.78, 5) is 24.3. The Morgan fingerprint density at radius 3 is 2.67 bits per heavy atom. The van der Waals surface area contributed by atoms with E-state index in [9.17, 15) is 9.59 Å². The Bertz CT molecular complexity index is 738.